The lowest BCUT2D eigenvalue weighted by Gasteiger charge is -2.39. The molecule has 1 fully saturated rings. The lowest BCUT2D eigenvalue weighted by Crippen LogP contribution is -2.47. The van der Waals surface area contributed by atoms with E-state index in [1.807, 2.05) is 6.07 Å². The molecule has 0 radical (unpaired) electrons. The Hall–Kier alpha value is -1.17. The maximum Gasteiger partial charge on any atom is 0.315 e. The second kappa shape index (κ2) is 7.60. The number of rotatable bonds is 6. The monoisotopic (exact) mass is 363 g/mol. The van der Waals surface area contributed by atoms with E-state index in [0.717, 1.165) is 19.5 Å². The van der Waals surface area contributed by atoms with E-state index < -0.39 is 13.7 Å². The maximum absolute atomic E-state index is 12.6. The molecule has 1 aliphatic rings. The molecule has 2 rings (SSSR count). The molecule has 1 aromatic rings. The first-order chi connectivity index (χ1) is 11.6. The predicted molar refractivity (Wildman–Crippen MR) is 104 cm³/mol. The van der Waals surface area contributed by atoms with E-state index in [2.05, 4.69) is 63.0 Å². The van der Waals surface area contributed by atoms with Crippen molar-refractivity contribution in [1.82, 2.24) is 4.90 Å². The van der Waals surface area contributed by atoms with Crippen molar-refractivity contribution in [2.24, 2.45) is 5.41 Å². The zero-order valence-corrected chi connectivity index (χ0v) is 17.6. The number of carbonyl (C=O) groups excluding carboxylic acids is 1. The molecule has 0 saturated carbocycles. The van der Waals surface area contributed by atoms with Crippen LogP contribution >= 0.6 is 0 Å². The second-order valence-corrected chi connectivity index (χ2v) is 13.6. The molecule has 1 aromatic carbocycles. The van der Waals surface area contributed by atoms with Gasteiger partial charge in [-0.05, 0) is 36.7 Å². The average molecular weight is 364 g/mol. The van der Waals surface area contributed by atoms with Crippen LogP contribution in [0.5, 0.6) is 0 Å². The van der Waals surface area contributed by atoms with Crippen LogP contribution in [0.25, 0.3) is 0 Å². The molecule has 25 heavy (non-hydrogen) atoms. The van der Waals surface area contributed by atoms with Crippen LogP contribution in [0.1, 0.15) is 32.8 Å². The smallest absolute Gasteiger partial charge is 0.315 e. The molecule has 140 valence electrons. The highest BCUT2D eigenvalue weighted by molar-refractivity contribution is 6.74. The summed E-state index contributed by atoms with van der Waals surface area (Å²) in [7, 11) is -0.418. The van der Waals surface area contributed by atoms with E-state index in [0.29, 0.717) is 13.2 Å². The number of likely N-dealkylation sites (tertiary alicyclic amines) is 1. The lowest BCUT2D eigenvalue weighted by atomic mass is 9.88. The summed E-state index contributed by atoms with van der Waals surface area (Å²) in [5.41, 5.74) is 0.729. The summed E-state index contributed by atoms with van der Waals surface area (Å²) < 4.78 is 11.6. The second-order valence-electron chi connectivity index (χ2n) is 8.77. The highest BCUT2D eigenvalue weighted by atomic mass is 28.4. The number of methoxy groups -OCH3 is 1. The van der Waals surface area contributed by atoms with Crippen LogP contribution in [-0.4, -0.2) is 46.0 Å². The molecule has 0 bridgehead atoms. The molecule has 5 heteroatoms. The Bertz CT molecular complexity index is 582. The summed E-state index contributed by atoms with van der Waals surface area (Å²) in [5.74, 6) is -0.137. The Morgan fingerprint density at radius 2 is 1.88 bits per heavy atom. The maximum atomic E-state index is 12.6. The van der Waals surface area contributed by atoms with E-state index in [9.17, 15) is 4.79 Å². The molecule has 1 heterocycles. The molecular formula is C20H33NO3Si. The molecule has 0 N–H and O–H groups in total. The molecular weight excluding hydrogens is 330 g/mol. The number of esters is 1. The fourth-order valence-electron chi connectivity index (χ4n) is 3.03. The number of benzene rings is 1. The quantitative estimate of drug-likeness (QED) is 0.564. The van der Waals surface area contributed by atoms with Gasteiger partial charge >= 0.3 is 5.97 Å². The largest absolute Gasteiger partial charge is 0.468 e. The van der Waals surface area contributed by atoms with E-state index in [-0.39, 0.29) is 11.0 Å². The van der Waals surface area contributed by atoms with Crippen LogP contribution in [-0.2, 0) is 20.5 Å². The Labute approximate surface area is 153 Å². The summed E-state index contributed by atoms with van der Waals surface area (Å²) in [6.07, 6.45) is 0.793. The van der Waals surface area contributed by atoms with E-state index in [1.54, 1.807) is 0 Å². The number of ether oxygens (including phenoxy) is 1. The number of carbonyl (C=O) groups is 1. The van der Waals surface area contributed by atoms with Crippen LogP contribution in [0.15, 0.2) is 30.3 Å². The zero-order valence-electron chi connectivity index (χ0n) is 16.6. The normalized spacial score (nSPS) is 22.2. The van der Waals surface area contributed by atoms with Gasteiger partial charge in [-0.2, -0.15) is 0 Å². The Morgan fingerprint density at radius 1 is 1.24 bits per heavy atom. The Balaban J connectivity index is 2.08. The third kappa shape index (κ3) is 4.71. The minimum absolute atomic E-state index is 0.132. The molecule has 4 nitrogen and oxygen atoms in total. The van der Waals surface area contributed by atoms with Gasteiger partial charge in [0.05, 0.1) is 13.7 Å². The highest BCUT2D eigenvalue weighted by Crippen LogP contribution is 2.40. The Morgan fingerprint density at radius 3 is 2.44 bits per heavy atom. The van der Waals surface area contributed by atoms with E-state index >= 15 is 0 Å². The molecule has 1 unspecified atom stereocenters. The molecule has 0 spiro atoms. The van der Waals surface area contributed by atoms with Crippen molar-refractivity contribution >= 4 is 14.3 Å². The van der Waals surface area contributed by atoms with Gasteiger partial charge in [0.25, 0.3) is 0 Å². The van der Waals surface area contributed by atoms with Crippen molar-refractivity contribution in [2.75, 3.05) is 26.8 Å². The molecule has 1 atom stereocenters. The van der Waals surface area contributed by atoms with Gasteiger partial charge in [0.15, 0.2) is 8.32 Å². The SMILES string of the molecule is COC(=O)C1(CO[Si](C)(C)C(C)(C)C)CCN(Cc2ccccc2)C1. The summed E-state index contributed by atoms with van der Waals surface area (Å²) in [4.78, 5) is 14.9. The first-order valence-corrected chi connectivity index (χ1v) is 12.0. The fourth-order valence-corrected chi connectivity index (χ4v) is 4.10. The predicted octanol–water partition coefficient (Wildman–Crippen LogP) is 4.07. The van der Waals surface area contributed by atoms with Gasteiger partial charge in [-0.25, -0.2) is 0 Å². The standard InChI is InChI=1S/C20H33NO3Si/c1-19(2,3)25(5,6)24-16-20(18(22)23-4)12-13-21(15-20)14-17-10-8-7-9-11-17/h7-11H,12-16H2,1-6H3. The summed E-state index contributed by atoms with van der Waals surface area (Å²) in [5, 5.41) is 0.132. The van der Waals surface area contributed by atoms with Crippen molar-refractivity contribution < 1.29 is 14.0 Å². The number of hydrogen-bond donors (Lipinski definition) is 0. The third-order valence-corrected chi connectivity index (χ3v) is 10.3. The van der Waals surface area contributed by atoms with Crippen LogP contribution in [0.2, 0.25) is 18.1 Å². The first-order valence-electron chi connectivity index (χ1n) is 9.08. The van der Waals surface area contributed by atoms with Crippen LogP contribution in [0.3, 0.4) is 0 Å². The van der Waals surface area contributed by atoms with Crippen molar-refractivity contribution in [3.63, 3.8) is 0 Å². The van der Waals surface area contributed by atoms with Gasteiger partial charge in [-0.3, -0.25) is 9.69 Å². The topological polar surface area (TPSA) is 38.8 Å². The fraction of sp³-hybridized carbons (Fsp3) is 0.650. The zero-order chi connectivity index (χ0) is 18.7. The molecule has 0 aromatic heterocycles. The van der Waals surface area contributed by atoms with E-state index in [1.165, 1.54) is 12.7 Å². The van der Waals surface area contributed by atoms with Gasteiger partial charge in [0.2, 0.25) is 0 Å². The number of hydrogen-bond acceptors (Lipinski definition) is 4. The highest BCUT2D eigenvalue weighted by Gasteiger charge is 2.48. The van der Waals surface area contributed by atoms with E-state index in [4.69, 9.17) is 9.16 Å². The third-order valence-electron chi connectivity index (χ3n) is 5.82. The van der Waals surface area contributed by atoms with Crippen molar-refractivity contribution in [1.29, 1.82) is 0 Å². The van der Waals surface area contributed by atoms with Gasteiger partial charge in [0.1, 0.15) is 5.41 Å². The molecule has 1 saturated heterocycles. The lowest BCUT2D eigenvalue weighted by molar-refractivity contribution is -0.154. The van der Waals surface area contributed by atoms with Crippen LogP contribution in [0, 0.1) is 5.41 Å². The molecule has 0 aliphatic carbocycles. The average Bonchev–Trinajstić information content (AvgIpc) is 2.96. The van der Waals surface area contributed by atoms with Crippen molar-refractivity contribution in [2.45, 2.75) is 51.9 Å². The van der Waals surface area contributed by atoms with Gasteiger partial charge in [0, 0.05) is 13.1 Å². The molecule has 1 aliphatic heterocycles. The van der Waals surface area contributed by atoms with Gasteiger partial charge < -0.3 is 9.16 Å². The minimum atomic E-state index is -1.90. The number of nitrogens with zero attached hydrogens (tertiary/aromatic N) is 1. The van der Waals surface area contributed by atoms with Gasteiger partial charge in [-0.1, -0.05) is 51.1 Å². The minimum Gasteiger partial charge on any atom is -0.468 e. The summed E-state index contributed by atoms with van der Waals surface area (Å²) in [6.45, 7) is 14.0. The van der Waals surface area contributed by atoms with Gasteiger partial charge in [-0.15, -0.1) is 0 Å². The summed E-state index contributed by atoms with van der Waals surface area (Å²) in [6, 6.07) is 10.4. The summed E-state index contributed by atoms with van der Waals surface area (Å²) >= 11 is 0. The first kappa shape index (κ1) is 20.1. The Kier molecular flexibility index (Phi) is 6.12. The van der Waals surface area contributed by atoms with Crippen LogP contribution < -0.4 is 0 Å². The van der Waals surface area contributed by atoms with Crippen LogP contribution in [0.4, 0.5) is 0 Å². The molecule has 0 amide bonds. The van der Waals surface area contributed by atoms with Crippen molar-refractivity contribution in [3.05, 3.63) is 35.9 Å². The van der Waals surface area contributed by atoms with Crippen molar-refractivity contribution in [3.8, 4) is 0 Å².